The van der Waals surface area contributed by atoms with Crippen LogP contribution in [0.3, 0.4) is 0 Å². The van der Waals surface area contributed by atoms with Crippen LogP contribution in [0.2, 0.25) is 0 Å². The van der Waals surface area contributed by atoms with Gasteiger partial charge >= 0.3 is 0 Å². The number of fused-ring (bicyclic) bond motifs is 1. The second kappa shape index (κ2) is 4.01. The molecule has 0 unspecified atom stereocenters. The third kappa shape index (κ3) is 1.48. The molecule has 2 aliphatic rings. The normalized spacial score (nSPS) is 37.6. The molecule has 0 aliphatic heterocycles. The summed E-state index contributed by atoms with van der Waals surface area (Å²) in [6.45, 7) is 0.263. The van der Waals surface area contributed by atoms with Gasteiger partial charge in [0, 0.05) is 12.5 Å². The maximum Gasteiger partial charge on any atom is 0.137 e. The smallest absolute Gasteiger partial charge is 0.137 e. The van der Waals surface area contributed by atoms with Crippen molar-refractivity contribution in [2.24, 2.45) is 17.8 Å². The number of aromatic nitrogens is 3. The van der Waals surface area contributed by atoms with Crippen LogP contribution in [0.5, 0.6) is 0 Å². The molecule has 4 nitrogen and oxygen atoms in total. The van der Waals surface area contributed by atoms with Gasteiger partial charge < -0.3 is 5.11 Å². The summed E-state index contributed by atoms with van der Waals surface area (Å²) in [5.74, 6) is 1.69. The molecule has 3 rings (SSSR count). The fourth-order valence-corrected chi connectivity index (χ4v) is 3.41. The molecule has 0 bridgehead atoms. The molecule has 0 spiro atoms. The fraction of sp³-hybridized carbons (Fsp3) is 0.667. The zero-order chi connectivity index (χ0) is 11.0. The summed E-state index contributed by atoms with van der Waals surface area (Å²) < 4.78 is 1.93. The quantitative estimate of drug-likeness (QED) is 0.765. The third-order valence-corrected chi connectivity index (χ3v) is 4.19. The van der Waals surface area contributed by atoms with Crippen LogP contribution in [0.4, 0.5) is 0 Å². The van der Waals surface area contributed by atoms with Gasteiger partial charge in [0.25, 0.3) is 0 Å². The van der Waals surface area contributed by atoms with Gasteiger partial charge in [-0.3, -0.25) is 0 Å². The Morgan fingerprint density at radius 1 is 1.31 bits per heavy atom. The van der Waals surface area contributed by atoms with Crippen LogP contribution in [0.1, 0.15) is 25.3 Å². The van der Waals surface area contributed by atoms with E-state index in [0.29, 0.717) is 17.9 Å². The average Bonchev–Trinajstić information content (AvgIpc) is 2.95. The largest absolute Gasteiger partial charge is 0.396 e. The Balaban J connectivity index is 1.86. The Hall–Kier alpha value is -1.16. The van der Waals surface area contributed by atoms with E-state index in [4.69, 9.17) is 0 Å². The first-order valence-corrected chi connectivity index (χ1v) is 6.00. The molecule has 1 fully saturated rings. The number of rotatable bonds is 2. The van der Waals surface area contributed by atoms with Gasteiger partial charge in [-0.05, 0) is 31.1 Å². The van der Waals surface area contributed by atoms with Crippen molar-refractivity contribution in [3.63, 3.8) is 0 Å². The predicted molar refractivity (Wildman–Crippen MR) is 59.6 cm³/mol. The lowest BCUT2D eigenvalue weighted by molar-refractivity contribution is 0.148. The second-order valence-corrected chi connectivity index (χ2v) is 4.89. The summed E-state index contributed by atoms with van der Waals surface area (Å²) in [4.78, 5) is 4.01. The van der Waals surface area contributed by atoms with Gasteiger partial charge in [-0.1, -0.05) is 12.2 Å². The highest BCUT2D eigenvalue weighted by Crippen LogP contribution is 2.48. The molecule has 16 heavy (non-hydrogen) atoms. The Labute approximate surface area is 95.0 Å². The van der Waals surface area contributed by atoms with Crippen LogP contribution in [0.25, 0.3) is 0 Å². The third-order valence-electron chi connectivity index (χ3n) is 4.19. The first-order chi connectivity index (χ1) is 7.90. The van der Waals surface area contributed by atoms with E-state index >= 15 is 0 Å². The summed E-state index contributed by atoms with van der Waals surface area (Å²) in [5.41, 5.74) is 0. The highest BCUT2D eigenvalue weighted by atomic mass is 16.3. The molecule has 2 aliphatic carbocycles. The van der Waals surface area contributed by atoms with Crippen molar-refractivity contribution in [3.8, 4) is 0 Å². The number of allylic oxidation sites excluding steroid dienone is 2. The SMILES string of the molecule is OC[C@@H]1[C@@H]2CC=CC[C@@H]2C[C@@H]1n1cncn1. The molecular formula is C12H17N3O. The van der Waals surface area contributed by atoms with Gasteiger partial charge in [-0.25, -0.2) is 9.67 Å². The predicted octanol–water partition coefficient (Wildman–Crippen LogP) is 1.41. The Kier molecular flexibility index (Phi) is 2.52. The Bertz CT molecular complexity index is 374. The molecule has 86 valence electrons. The highest BCUT2D eigenvalue weighted by Gasteiger charge is 2.43. The summed E-state index contributed by atoms with van der Waals surface area (Å²) in [7, 11) is 0. The van der Waals surface area contributed by atoms with Crippen LogP contribution < -0.4 is 0 Å². The minimum Gasteiger partial charge on any atom is -0.396 e. The number of nitrogens with zero attached hydrogens (tertiary/aromatic N) is 3. The van der Waals surface area contributed by atoms with E-state index in [1.54, 1.807) is 12.7 Å². The topological polar surface area (TPSA) is 50.9 Å². The summed E-state index contributed by atoms with van der Waals surface area (Å²) in [5, 5.41) is 13.8. The number of aliphatic hydroxyl groups excluding tert-OH is 1. The molecule has 0 radical (unpaired) electrons. The molecule has 4 atom stereocenters. The highest BCUT2D eigenvalue weighted by molar-refractivity contribution is 5.03. The number of hydrogen-bond donors (Lipinski definition) is 1. The van der Waals surface area contributed by atoms with E-state index in [9.17, 15) is 5.11 Å². The van der Waals surface area contributed by atoms with Gasteiger partial charge in [0.05, 0.1) is 6.04 Å². The van der Waals surface area contributed by atoms with Crippen LogP contribution in [-0.2, 0) is 0 Å². The minimum absolute atomic E-state index is 0.263. The molecule has 4 heteroatoms. The van der Waals surface area contributed by atoms with E-state index in [1.165, 1.54) is 0 Å². The maximum atomic E-state index is 9.59. The molecule has 0 amide bonds. The zero-order valence-electron chi connectivity index (χ0n) is 9.24. The summed E-state index contributed by atoms with van der Waals surface area (Å²) >= 11 is 0. The van der Waals surface area contributed by atoms with Crippen LogP contribution in [0.15, 0.2) is 24.8 Å². The monoisotopic (exact) mass is 219 g/mol. The Morgan fingerprint density at radius 3 is 2.94 bits per heavy atom. The summed E-state index contributed by atoms with van der Waals surface area (Å²) in [6, 6.07) is 0.336. The van der Waals surface area contributed by atoms with Gasteiger partial charge in [-0.15, -0.1) is 0 Å². The van der Waals surface area contributed by atoms with E-state index in [2.05, 4.69) is 22.2 Å². The molecule has 1 aromatic rings. The molecule has 0 aromatic carbocycles. The first-order valence-electron chi connectivity index (χ1n) is 6.00. The van der Waals surface area contributed by atoms with Crippen molar-refractivity contribution in [1.82, 2.24) is 14.8 Å². The fourth-order valence-electron chi connectivity index (χ4n) is 3.41. The Morgan fingerprint density at radius 2 is 2.19 bits per heavy atom. The van der Waals surface area contributed by atoms with Gasteiger partial charge in [0.2, 0.25) is 0 Å². The summed E-state index contributed by atoms with van der Waals surface area (Å²) in [6.07, 6.45) is 11.3. The molecule has 0 saturated heterocycles. The average molecular weight is 219 g/mol. The van der Waals surface area contributed by atoms with E-state index < -0.39 is 0 Å². The van der Waals surface area contributed by atoms with Gasteiger partial charge in [0.1, 0.15) is 12.7 Å². The lowest BCUT2D eigenvalue weighted by atomic mass is 9.81. The zero-order valence-corrected chi connectivity index (χ0v) is 9.24. The van der Waals surface area contributed by atoms with Gasteiger partial charge in [-0.2, -0.15) is 5.10 Å². The van der Waals surface area contributed by atoms with E-state index in [1.807, 2.05) is 4.68 Å². The van der Waals surface area contributed by atoms with Crippen molar-refractivity contribution in [2.45, 2.75) is 25.3 Å². The van der Waals surface area contributed by atoms with Crippen molar-refractivity contribution in [1.29, 1.82) is 0 Å². The van der Waals surface area contributed by atoms with Crippen molar-refractivity contribution in [2.75, 3.05) is 6.61 Å². The molecule has 1 saturated carbocycles. The van der Waals surface area contributed by atoms with E-state index in [0.717, 1.165) is 25.2 Å². The number of aliphatic hydroxyl groups is 1. The van der Waals surface area contributed by atoms with Crippen molar-refractivity contribution in [3.05, 3.63) is 24.8 Å². The number of hydrogen-bond acceptors (Lipinski definition) is 3. The first kappa shape index (κ1) is 10.0. The lowest BCUT2D eigenvalue weighted by Gasteiger charge is -2.25. The van der Waals surface area contributed by atoms with Crippen molar-refractivity contribution < 1.29 is 5.11 Å². The molecular weight excluding hydrogens is 202 g/mol. The molecule has 1 N–H and O–H groups in total. The second-order valence-electron chi connectivity index (χ2n) is 4.89. The van der Waals surface area contributed by atoms with Crippen LogP contribution in [0, 0.1) is 17.8 Å². The van der Waals surface area contributed by atoms with Gasteiger partial charge in [0.15, 0.2) is 0 Å². The standard InChI is InChI=1S/C12H17N3O/c16-6-11-10-4-2-1-3-9(10)5-12(11)15-8-13-7-14-15/h1-2,7-12,16H,3-6H2/t9-,10-,11-,12+/m1/s1. The van der Waals surface area contributed by atoms with Crippen LogP contribution in [-0.4, -0.2) is 26.5 Å². The van der Waals surface area contributed by atoms with Crippen LogP contribution >= 0.6 is 0 Å². The lowest BCUT2D eigenvalue weighted by Crippen LogP contribution is -2.24. The maximum absolute atomic E-state index is 9.59. The van der Waals surface area contributed by atoms with Crippen molar-refractivity contribution >= 4 is 0 Å². The molecule has 1 heterocycles. The minimum atomic E-state index is 0.263. The molecule has 1 aromatic heterocycles. The van der Waals surface area contributed by atoms with E-state index in [-0.39, 0.29) is 6.61 Å².